The summed E-state index contributed by atoms with van der Waals surface area (Å²) in [7, 11) is -3.68. The molecule has 0 saturated carbocycles. The number of aromatic nitrogens is 2. The minimum Gasteiger partial charge on any atom is -0.350 e. The van der Waals surface area contributed by atoms with Crippen LogP contribution in [0.2, 0.25) is 0 Å². The first kappa shape index (κ1) is 22.8. The Hall–Kier alpha value is -2.84. The lowest BCUT2D eigenvalue weighted by molar-refractivity contribution is 0.0941. The predicted molar refractivity (Wildman–Crippen MR) is 122 cm³/mol. The first-order valence-electron chi connectivity index (χ1n) is 10.5. The normalized spacial score (nSPS) is 12.6. The molecular formula is C23H28N4O3S. The highest BCUT2D eigenvalue weighted by molar-refractivity contribution is 7.89. The maximum Gasteiger partial charge on any atom is 0.252 e. The van der Waals surface area contributed by atoms with Gasteiger partial charge in [-0.15, -0.1) is 0 Å². The smallest absolute Gasteiger partial charge is 0.252 e. The second-order valence-electron chi connectivity index (χ2n) is 7.51. The fourth-order valence-electron chi connectivity index (χ4n) is 3.09. The van der Waals surface area contributed by atoms with Crippen LogP contribution < -0.4 is 10.0 Å². The maximum atomic E-state index is 13.1. The van der Waals surface area contributed by atoms with Gasteiger partial charge in [-0.05, 0) is 56.2 Å². The number of rotatable bonds is 9. The zero-order valence-corrected chi connectivity index (χ0v) is 18.9. The molecule has 3 aromatic rings. The first-order valence-corrected chi connectivity index (χ1v) is 12.0. The van der Waals surface area contributed by atoms with Crippen molar-refractivity contribution < 1.29 is 13.2 Å². The molecule has 0 aliphatic rings. The van der Waals surface area contributed by atoms with Crippen LogP contribution in [0.4, 0.5) is 0 Å². The highest BCUT2D eigenvalue weighted by atomic mass is 32.2. The molecule has 8 heteroatoms. The lowest BCUT2D eigenvalue weighted by Crippen LogP contribution is -2.32. The van der Waals surface area contributed by atoms with Crippen LogP contribution in [0.5, 0.6) is 0 Å². The largest absolute Gasteiger partial charge is 0.350 e. The fourth-order valence-corrected chi connectivity index (χ4v) is 4.19. The molecule has 2 aromatic heterocycles. The Kier molecular flexibility index (Phi) is 7.35. The number of unbranched alkanes of at least 4 members (excludes halogenated alkanes) is 1. The third kappa shape index (κ3) is 5.45. The van der Waals surface area contributed by atoms with Gasteiger partial charge in [-0.25, -0.2) is 18.1 Å². The van der Waals surface area contributed by atoms with E-state index in [2.05, 4.69) is 20.0 Å². The van der Waals surface area contributed by atoms with Gasteiger partial charge in [-0.1, -0.05) is 20.3 Å². The molecule has 0 bridgehead atoms. The fraction of sp³-hybridized carbons (Fsp3) is 0.348. The number of amides is 1. The molecule has 3 rings (SSSR count). The van der Waals surface area contributed by atoms with Crippen molar-refractivity contribution in [2.45, 2.75) is 51.0 Å². The van der Waals surface area contributed by atoms with Crippen molar-refractivity contribution in [1.29, 1.82) is 0 Å². The molecule has 0 spiro atoms. The Morgan fingerprint density at radius 2 is 1.97 bits per heavy atom. The second-order valence-corrected chi connectivity index (χ2v) is 9.28. The number of nitrogens with one attached hydrogen (secondary N) is 2. The van der Waals surface area contributed by atoms with Crippen LogP contribution in [0.25, 0.3) is 22.2 Å². The van der Waals surface area contributed by atoms with Gasteiger partial charge in [0.1, 0.15) is 0 Å². The second kappa shape index (κ2) is 9.98. The Morgan fingerprint density at radius 3 is 2.65 bits per heavy atom. The van der Waals surface area contributed by atoms with Crippen LogP contribution in [-0.4, -0.2) is 36.9 Å². The lowest BCUT2D eigenvalue weighted by Gasteiger charge is -2.15. The van der Waals surface area contributed by atoms with Crippen molar-refractivity contribution in [1.82, 2.24) is 20.0 Å². The van der Waals surface area contributed by atoms with E-state index in [0.29, 0.717) is 28.7 Å². The SMILES string of the molecule is CCCCNS(=O)(=O)c1ccc2nc(-c3cccnc3)cc(C(=O)N[C@@H](C)CC)c2c1. The van der Waals surface area contributed by atoms with E-state index in [1.807, 2.05) is 26.8 Å². The lowest BCUT2D eigenvalue weighted by atomic mass is 10.0. The zero-order valence-electron chi connectivity index (χ0n) is 18.1. The highest BCUT2D eigenvalue weighted by Gasteiger charge is 2.19. The summed E-state index contributed by atoms with van der Waals surface area (Å²) in [5.41, 5.74) is 2.31. The summed E-state index contributed by atoms with van der Waals surface area (Å²) in [5, 5.41) is 3.46. The van der Waals surface area contributed by atoms with E-state index in [-0.39, 0.29) is 16.8 Å². The number of carbonyl (C=O) groups is 1. The van der Waals surface area contributed by atoms with Crippen molar-refractivity contribution in [3.63, 3.8) is 0 Å². The molecule has 0 saturated heterocycles. The van der Waals surface area contributed by atoms with Crippen LogP contribution in [0.1, 0.15) is 50.4 Å². The summed E-state index contributed by atoms with van der Waals surface area (Å²) < 4.78 is 28.0. The van der Waals surface area contributed by atoms with Gasteiger partial charge < -0.3 is 5.32 Å². The van der Waals surface area contributed by atoms with Crippen LogP contribution in [0.15, 0.2) is 53.7 Å². The van der Waals surface area contributed by atoms with E-state index in [4.69, 9.17) is 0 Å². The molecule has 0 aliphatic carbocycles. The Balaban J connectivity index is 2.13. The van der Waals surface area contributed by atoms with Crippen LogP contribution in [-0.2, 0) is 10.0 Å². The standard InChI is InChI=1S/C23H28N4O3S/c1-4-6-12-25-31(29,30)18-9-10-21-19(13-18)20(23(28)26-16(3)5-2)14-22(27-21)17-8-7-11-24-15-17/h7-11,13-16,25H,4-6,12H2,1-3H3,(H,26,28)/t16-/m0/s1. The number of hydrogen-bond acceptors (Lipinski definition) is 5. The molecule has 2 N–H and O–H groups in total. The minimum atomic E-state index is -3.68. The van der Waals surface area contributed by atoms with Gasteiger partial charge in [0.2, 0.25) is 10.0 Å². The quantitative estimate of drug-likeness (QED) is 0.492. The van der Waals surface area contributed by atoms with Gasteiger partial charge in [0.05, 0.1) is 21.7 Å². The number of sulfonamides is 1. The highest BCUT2D eigenvalue weighted by Crippen LogP contribution is 2.27. The summed E-state index contributed by atoms with van der Waals surface area (Å²) >= 11 is 0. The van der Waals surface area contributed by atoms with Gasteiger partial charge >= 0.3 is 0 Å². The van der Waals surface area contributed by atoms with E-state index in [9.17, 15) is 13.2 Å². The molecule has 0 radical (unpaired) electrons. The molecule has 164 valence electrons. The molecule has 7 nitrogen and oxygen atoms in total. The Morgan fingerprint density at radius 1 is 1.16 bits per heavy atom. The number of hydrogen-bond donors (Lipinski definition) is 2. The van der Waals surface area contributed by atoms with Crippen molar-refractivity contribution in [2.24, 2.45) is 0 Å². The monoisotopic (exact) mass is 440 g/mol. The average Bonchev–Trinajstić information content (AvgIpc) is 2.78. The summed E-state index contributed by atoms with van der Waals surface area (Å²) in [4.78, 5) is 22.0. The number of nitrogens with zero attached hydrogens (tertiary/aromatic N) is 2. The molecule has 0 fully saturated rings. The average molecular weight is 441 g/mol. The summed E-state index contributed by atoms with van der Waals surface area (Å²) in [6, 6.07) is 10.0. The Bertz CT molecular complexity index is 1160. The summed E-state index contributed by atoms with van der Waals surface area (Å²) in [6.07, 6.45) is 5.78. The summed E-state index contributed by atoms with van der Waals surface area (Å²) in [5.74, 6) is -0.264. The zero-order chi connectivity index (χ0) is 22.4. The maximum absolute atomic E-state index is 13.1. The number of carbonyl (C=O) groups excluding carboxylic acids is 1. The minimum absolute atomic E-state index is 0.0137. The van der Waals surface area contributed by atoms with Gasteiger partial charge in [0, 0.05) is 35.9 Å². The van der Waals surface area contributed by atoms with Crippen molar-refractivity contribution >= 4 is 26.8 Å². The molecule has 31 heavy (non-hydrogen) atoms. The van der Waals surface area contributed by atoms with E-state index >= 15 is 0 Å². The summed E-state index contributed by atoms with van der Waals surface area (Å²) in [6.45, 7) is 6.29. The molecule has 1 aromatic carbocycles. The predicted octanol–water partition coefficient (Wildman–Crippen LogP) is 3.90. The molecule has 2 heterocycles. The van der Waals surface area contributed by atoms with Crippen molar-refractivity contribution in [3.05, 3.63) is 54.4 Å². The van der Waals surface area contributed by atoms with Crippen molar-refractivity contribution in [3.8, 4) is 11.3 Å². The van der Waals surface area contributed by atoms with E-state index in [1.54, 1.807) is 30.6 Å². The first-order chi connectivity index (χ1) is 14.9. The van der Waals surface area contributed by atoms with Gasteiger partial charge in [0.15, 0.2) is 0 Å². The van der Waals surface area contributed by atoms with Gasteiger partial charge in [-0.3, -0.25) is 9.78 Å². The molecule has 0 aliphatic heterocycles. The Labute approximate surface area is 183 Å². The van der Waals surface area contributed by atoms with Crippen LogP contribution in [0, 0.1) is 0 Å². The van der Waals surface area contributed by atoms with Crippen molar-refractivity contribution in [2.75, 3.05) is 6.54 Å². The third-order valence-electron chi connectivity index (χ3n) is 5.10. The van der Waals surface area contributed by atoms with Crippen LogP contribution >= 0.6 is 0 Å². The molecule has 1 atom stereocenters. The molecule has 0 unspecified atom stereocenters. The number of fused-ring (bicyclic) bond motifs is 1. The number of benzene rings is 1. The topological polar surface area (TPSA) is 101 Å². The van der Waals surface area contributed by atoms with Gasteiger partial charge in [-0.2, -0.15) is 0 Å². The third-order valence-corrected chi connectivity index (χ3v) is 6.56. The van der Waals surface area contributed by atoms with Gasteiger partial charge in [0.25, 0.3) is 5.91 Å². The molecular weight excluding hydrogens is 412 g/mol. The van der Waals surface area contributed by atoms with E-state index < -0.39 is 10.0 Å². The van der Waals surface area contributed by atoms with E-state index in [0.717, 1.165) is 24.8 Å². The number of pyridine rings is 2. The van der Waals surface area contributed by atoms with E-state index in [1.165, 1.54) is 12.1 Å². The molecule has 1 amide bonds. The van der Waals surface area contributed by atoms with Crippen LogP contribution in [0.3, 0.4) is 0 Å².